The standard InChI is InChI=1S/C21H19ClN2O5/c1-3-10-29-18-9-4-14(22)11-13(18)12-17-19(25)23-21(27)24(20(17)26)15-5-7-16(28-2)8-6-15/h4-9,11-12H,3,10H2,1-2H3,(H,23,25,27)/b17-12+. The van der Waals surface area contributed by atoms with Crippen molar-refractivity contribution in [3.63, 3.8) is 0 Å². The summed E-state index contributed by atoms with van der Waals surface area (Å²) < 4.78 is 10.8. The molecule has 0 bridgehead atoms. The number of nitrogens with zero attached hydrogens (tertiary/aromatic N) is 1. The lowest BCUT2D eigenvalue weighted by molar-refractivity contribution is -0.122. The lowest BCUT2D eigenvalue weighted by Crippen LogP contribution is -2.54. The number of carbonyl (C=O) groups is 3. The Kier molecular flexibility index (Phi) is 6.19. The number of carbonyl (C=O) groups excluding carboxylic acids is 3. The number of anilines is 1. The summed E-state index contributed by atoms with van der Waals surface area (Å²) in [6, 6.07) is 10.4. The summed E-state index contributed by atoms with van der Waals surface area (Å²) in [5.74, 6) is -0.476. The van der Waals surface area contributed by atoms with Crippen molar-refractivity contribution in [1.82, 2.24) is 5.32 Å². The van der Waals surface area contributed by atoms with Crippen molar-refractivity contribution in [1.29, 1.82) is 0 Å². The zero-order valence-electron chi connectivity index (χ0n) is 15.9. The van der Waals surface area contributed by atoms with Crippen molar-refractivity contribution in [3.8, 4) is 11.5 Å². The number of methoxy groups -OCH3 is 1. The maximum Gasteiger partial charge on any atom is 0.335 e. The highest BCUT2D eigenvalue weighted by Crippen LogP contribution is 2.28. The molecule has 8 heteroatoms. The van der Waals surface area contributed by atoms with Gasteiger partial charge in [0.05, 0.1) is 19.4 Å². The van der Waals surface area contributed by atoms with Crippen LogP contribution < -0.4 is 19.7 Å². The average molecular weight is 415 g/mol. The van der Waals surface area contributed by atoms with Crippen LogP contribution in [0.3, 0.4) is 0 Å². The number of rotatable bonds is 6. The second-order valence-electron chi connectivity index (χ2n) is 6.19. The molecule has 1 aliphatic rings. The Morgan fingerprint density at radius 1 is 1.10 bits per heavy atom. The van der Waals surface area contributed by atoms with Gasteiger partial charge in [-0.25, -0.2) is 9.69 Å². The molecule has 1 heterocycles. The molecule has 3 rings (SSSR count). The minimum atomic E-state index is -0.823. The third kappa shape index (κ3) is 4.41. The molecule has 150 valence electrons. The molecule has 0 atom stereocenters. The van der Waals surface area contributed by atoms with Gasteiger partial charge in [0.1, 0.15) is 17.1 Å². The number of amides is 4. The van der Waals surface area contributed by atoms with Crippen LogP contribution in [0.15, 0.2) is 48.0 Å². The fraction of sp³-hybridized carbons (Fsp3) is 0.190. The highest BCUT2D eigenvalue weighted by Gasteiger charge is 2.37. The second kappa shape index (κ2) is 8.79. The number of ether oxygens (including phenoxy) is 2. The van der Waals surface area contributed by atoms with E-state index >= 15 is 0 Å². The first-order valence-corrected chi connectivity index (χ1v) is 9.30. The lowest BCUT2D eigenvalue weighted by Gasteiger charge is -2.26. The molecule has 0 spiro atoms. The number of urea groups is 1. The smallest absolute Gasteiger partial charge is 0.335 e. The van der Waals surface area contributed by atoms with Gasteiger partial charge in [-0.15, -0.1) is 0 Å². The maximum absolute atomic E-state index is 13.0. The van der Waals surface area contributed by atoms with E-state index in [9.17, 15) is 14.4 Å². The Hall–Kier alpha value is -3.32. The van der Waals surface area contributed by atoms with Crippen LogP contribution in [0.4, 0.5) is 10.5 Å². The van der Waals surface area contributed by atoms with Crippen molar-refractivity contribution in [2.45, 2.75) is 13.3 Å². The van der Waals surface area contributed by atoms with E-state index in [4.69, 9.17) is 21.1 Å². The van der Waals surface area contributed by atoms with Crippen LogP contribution in [0.25, 0.3) is 6.08 Å². The van der Waals surface area contributed by atoms with Crippen LogP contribution >= 0.6 is 11.6 Å². The number of halogens is 1. The predicted octanol–water partition coefficient (Wildman–Crippen LogP) is 3.80. The van der Waals surface area contributed by atoms with Gasteiger partial charge in [-0.2, -0.15) is 0 Å². The van der Waals surface area contributed by atoms with E-state index in [0.717, 1.165) is 11.3 Å². The van der Waals surface area contributed by atoms with Gasteiger partial charge in [-0.1, -0.05) is 18.5 Å². The third-order valence-corrected chi connectivity index (χ3v) is 4.40. The Morgan fingerprint density at radius 2 is 1.83 bits per heavy atom. The predicted molar refractivity (Wildman–Crippen MR) is 109 cm³/mol. The molecule has 1 N–H and O–H groups in total. The molecule has 1 aliphatic heterocycles. The van der Waals surface area contributed by atoms with E-state index in [1.165, 1.54) is 13.2 Å². The monoisotopic (exact) mass is 414 g/mol. The number of hydrogen-bond donors (Lipinski definition) is 1. The molecular formula is C21H19ClN2O5. The van der Waals surface area contributed by atoms with E-state index < -0.39 is 17.8 Å². The molecule has 0 aliphatic carbocycles. The fourth-order valence-corrected chi connectivity index (χ4v) is 2.93. The van der Waals surface area contributed by atoms with Crippen LogP contribution in [-0.4, -0.2) is 31.6 Å². The molecular weight excluding hydrogens is 396 g/mol. The summed E-state index contributed by atoms with van der Waals surface area (Å²) in [6.45, 7) is 2.43. The third-order valence-electron chi connectivity index (χ3n) is 4.17. The van der Waals surface area contributed by atoms with Gasteiger partial charge in [0.25, 0.3) is 11.8 Å². The number of imide groups is 2. The first kappa shape index (κ1) is 20.4. The van der Waals surface area contributed by atoms with Gasteiger partial charge in [0.15, 0.2) is 0 Å². The highest BCUT2D eigenvalue weighted by atomic mass is 35.5. The minimum Gasteiger partial charge on any atom is -0.497 e. The lowest BCUT2D eigenvalue weighted by atomic mass is 10.1. The number of benzene rings is 2. The minimum absolute atomic E-state index is 0.205. The van der Waals surface area contributed by atoms with Crippen molar-refractivity contribution in [2.75, 3.05) is 18.6 Å². The zero-order chi connectivity index (χ0) is 21.0. The van der Waals surface area contributed by atoms with Crippen LogP contribution in [0.1, 0.15) is 18.9 Å². The van der Waals surface area contributed by atoms with Crippen molar-refractivity contribution in [3.05, 3.63) is 58.6 Å². The normalized spacial score (nSPS) is 15.5. The fourth-order valence-electron chi connectivity index (χ4n) is 2.75. The Bertz CT molecular complexity index is 985. The average Bonchev–Trinajstić information content (AvgIpc) is 2.71. The van der Waals surface area contributed by atoms with Gasteiger partial charge >= 0.3 is 6.03 Å². The molecule has 1 fully saturated rings. The SMILES string of the molecule is CCCOc1ccc(Cl)cc1/C=C1\C(=O)NC(=O)N(c2ccc(OC)cc2)C1=O. The first-order chi connectivity index (χ1) is 13.9. The van der Waals surface area contributed by atoms with Gasteiger partial charge in [-0.3, -0.25) is 14.9 Å². The van der Waals surface area contributed by atoms with E-state index in [1.807, 2.05) is 6.92 Å². The quantitative estimate of drug-likeness (QED) is 0.574. The van der Waals surface area contributed by atoms with Crippen LogP contribution in [0.5, 0.6) is 11.5 Å². The van der Waals surface area contributed by atoms with E-state index in [2.05, 4.69) is 5.32 Å². The van der Waals surface area contributed by atoms with E-state index in [0.29, 0.717) is 34.4 Å². The maximum atomic E-state index is 13.0. The number of hydrogen-bond acceptors (Lipinski definition) is 5. The Balaban J connectivity index is 2.00. The Morgan fingerprint density at radius 3 is 2.48 bits per heavy atom. The van der Waals surface area contributed by atoms with Crippen LogP contribution in [0, 0.1) is 0 Å². The van der Waals surface area contributed by atoms with E-state index in [1.54, 1.807) is 42.5 Å². The molecule has 2 aromatic rings. The number of nitrogens with one attached hydrogen (secondary N) is 1. The molecule has 0 unspecified atom stereocenters. The van der Waals surface area contributed by atoms with Crippen molar-refractivity contribution >= 4 is 41.2 Å². The molecule has 0 radical (unpaired) electrons. The molecule has 7 nitrogen and oxygen atoms in total. The van der Waals surface area contributed by atoms with E-state index in [-0.39, 0.29) is 5.57 Å². The number of barbiturate groups is 1. The van der Waals surface area contributed by atoms with Gasteiger partial charge in [0, 0.05) is 10.6 Å². The summed E-state index contributed by atoms with van der Waals surface area (Å²) in [4.78, 5) is 38.5. The van der Waals surface area contributed by atoms with Gasteiger partial charge in [0.2, 0.25) is 0 Å². The molecule has 2 aromatic carbocycles. The zero-order valence-corrected chi connectivity index (χ0v) is 16.7. The Labute approximate surface area is 172 Å². The summed E-state index contributed by atoms with van der Waals surface area (Å²) in [5.41, 5.74) is 0.567. The first-order valence-electron chi connectivity index (χ1n) is 8.92. The van der Waals surface area contributed by atoms with Crippen LogP contribution in [0.2, 0.25) is 5.02 Å². The molecule has 0 saturated carbocycles. The topological polar surface area (TPSA) is 84.9 Å². The highest BCUT2D eigenvalue weighted by molar-refractivity contribution is 6.39. The largest absolute Gasteiger partial charge is 0.497 e. The summed E-state index contributed by atoms with van der Waals surface area (Å²) in [7, 11) is 1.51. The van der Waals surface area contributed by atoms with Gasteiger partial charge < -0.3 is 9.47 Å². The molecule has 4 amide bonds. The second-order valence-corrected chi connectivity index (χ2v) is 6.62. The van der Waals surface area contributed by atoms with Crippen LogP contribution in [-0.2, 0) is 9.59 Å². The van der Waals surface area contributed by atoms with Gasteiger partial charge in [-0.05, 0) is 55.0 Å². The summed E-state index contributed by atoms with van der Waals surface area (Å²) >= 11 is 6.07. The molecule has 0 aromatic heterocycles. The molecule has 1 saturated heterocycles. The van der Waals surface area contributed by atoms with Crippen molar-refractivity contribution < 1.29 is 23.9 Å². The summed E-state index contributed by atoms with van der Waals surface area (Å²) in [6.07, 6.45) is 2.16. The summed E-state index contributed by atoms with van der Waals surface area (Å²) in [5, 5.41) is 2.61. The molecule has 29 heavy (non-hydrogen) atoms. The van der Waals surface area contributed by atoms with Crippen molar-refractivity contribution in [2.24, 2.45) is 0 Å².